The molecule has 9 nitrogen and oxygen atoms in total. The molecule has 0 unspecified atom stereocenters. The van der Waals surface area contributed by atoms with Gasteiger partial charge in [0.05, 0.1) is 29.3 Å². The molecule has 1 aromatic heterocycles. The van der Waals surface area contributed by atoms with E-state index in [-0.39, 0.29) is 17.9 Å². The summed E-state index contributed by atoms with van der Waals surface area (Å²) in [5.41, 5.74) is 0.259. The summed E-state index contributed by atoms with van der Waals surface area (Å²) in [7, 11) is -1.29. The SMILES string of the molecule is CN1CCc2nc(C(=O)N[C@H]3CS(=O)(=O)CC[C@H]3NC(=O)OC(C)(C)C)sc2C1. The number of carbonyl (C=O) groups excluding carboxylic acids is 2. The van der Waals surface area contributed by atoms with Gasteiger partial charge in [-0.3, -0.25) is 4.79 Å². The van der Waals surface area contributed by atoms with Crippen LogP contribution in [0.4, 0.5) is 4.79 Å². The number of sulfone groups is 1. The van der Waals surface area contributed by atoms with Gasteiger partial charge in [-0.2, -0.15) is 0 Å². The van der Waals surface area contributed by atoms with E-state index in [2.05, 4.69) is 20.5 Å². The maximum absolute atomic E-state index is 12.8. The molecule has 0 bridgehead atoms. The van der Waals surface area contributed by atoms with Crippen LogP contribution in [-0.2, 0) is 27.5 Å². The van der Waals surface area contributed by atoms with Crippen molar-refractivity contribution < 1.29 is 22.7 Å². The lowest BCUT2D eigenvalue weighted by molar-refractivity contribution is 0.0488. The van der Waals surface area contributed by atoms with Crippen LogP contribution in [0, 0.1) is 0 Å². The number of carbonyl (C=O) groups is 2. The Balaban J connectivity index is 1.71. The summed E-state index contributed by atoms with van der Waals surface area (Å²) >= 11 is 1.33. The second kappa shape index (κ2) is 8.19. The van der Waals surface area contributed by atoms with Crippen molar-refractivity contribution in [3.05, 3.63) is 15.6 Å². The molecular weight excluding hydrogens is 416 g/mol. The third-order valence-corrected chi connectivity index (χ3v) is 7.60. The molecule has 2 amide bonds. The van der Waals surface area contributed by atoms with Crippen molar-refractivity contribution in [1.29, 1.82) is 0 Å². The minimum Gasteiger partial charge on any atom is -0.444 e. The van der Waals surface area contributed by atoms with Crippen LogP contribution in [0.2, 0.25) is 0 Å². The first-order valence-corrected chi connectivity index (χ1v) is 12.2. The largest absolute Gasteiger partial charge is 0.444 e. The third kappa shape index (κ3) is 5.89. The minimum atomic E-state index is -3.30. The van der Waals surface area contributed by atoms with Gasteiger partial charge in [0, 0.05) is 24.4 Å². The number of likely N-dealkylation sites (N-methyl/N-ethyl adjacent to an activating group) is 1. The summed E-state index contributed by atoms with van der Waals surface area (Å²) < 4.78 is 29.5. The fourth-order valence-corrected chi connectivity index (χ4v) is 6.14. The fraction of sp³-hybridized carbons (Fsp3) is 0.722. The van der Waals surface area contributed by atoms with E-state index in [9.17, 15) is 18.0 Å². The van der Waals surface area contributed by atoms with Gasteiger partial charge in [-0.25, -0.2) is 18.2 Å². The number of ether oxygens (including phenoxy) is 1. The average Bonchev–Trinajstić information content (AvgIpc) is 2.98. The van der Waals surface area contributed by atoms with Gasteiger partial charge in [0.25, 0.3) is 5.91 Å². The van der Waals surface area contributed by atoms with E-state index < -0.39 is 39.5 Å². The zero-order chi connectivity index (χ0) is 21.4. The van der Waals surface area contributed by atoms with E-state index >= 15 is 0 Å². The molecule has 2 atom stereocenters. The van der Waals surface area contributed by atoms with Gasteiger partial charge >= 0.3 is 6.09 Å². The van der Waals surface area contributed by atoms with Crippen molar-refractivity contribution in [1.82, 2.24) is 20.5 Å². The maximum Gasteiger partial charge on any atom is 0.407 e. The van der Waals surface area contributed by atoms with Gasteiger partial charge in [-0.15, -0.1) is 11.3 Å². The van der Waals surface area contributed by atoms with Gasteiger partial charge in [0.1, 0.15) is 5.60 Å². The predicted molar refractivity (Wildman–Crippen MR) is 110 cm³/mol. The van der Waals surface area contributed by atoms with Gasteiger partial charge in [-0.05, 0) is 34.2 Å². The molecular formula is C18H28N4O5S2. The second-order valence-corrected chi connectivity index (χ2v) is 11.9. The first-order valence-electron chi connectivity index (χ1n) is 9.60. The normalized spacial score (nSPS) is 24.4. The number of hydrogen-bond donors (Lipinski definition) is 2. The molecule has 162 valence electrons. The van der Waals surface area contributed by atoms with Gasteiger partial charge < -0.3 is 20.3 Å². The third-order valence-electron chi connectivity index (χ3n) is 4.79. The summed E-state index contributed by atoms with van der Waals surface area (Å²) in [5, 5.41) is 5.81. The highest BCUT2D eigenvalue weighted by atomic mass is 32.2. The van der Waals surface area contributed by atoms with Crippen molar-refractivity contribution in [2.75, 3.05) is 25.1 Å². The maximum atomic E-state index is 12.8. The standard InChI is InChI=1S/C18H28N4O5S2/c1-18(2,3)27-17(24)21-11-6-8-29(25,26)10-13(11)19-15(23)16-20-12-5-7-22(4)9-14(12)28-16/h11,13H,5-10H2,1-4H3,(H,19,23)(H,21,24)/t11-,13+/m1/s1. The molecule has 11 heteroatoms. The molecule has 3 rings (SSSR count). The quantitative estimate of drug-likeness (QED) is 0.712. The molecule has 0 saturated carbocycles. The lowest BCUT2D eigenvalue weighted by Crippen LogP contribution is -2.58. The summed E-state index contributed by atoms with van der Waals surface area (Å²) in [6.45, 7) is 6.89. The monoisotopic (exact) mass is 444 g/mol. The molecule has 1 aromatic rings. The summed E-state index contributed by atoms with van der Waals surface area (Å²) in [5.74, 6) is -0.685. The number of thiazole rings is 1. The smallest absolute Gasteiger partial charge is 0.407 e. The molecule has 0 aliphatic carbocycles. The van der Waals surface area contributed by atoms with Crippen LogP contribution >= 0.6 is 11.3 Å². The van der Waals surface area contributed by atoms with Crippen molar-refractivity contribution in [2.24, 2.45) is 0 Å². The lowest BCUT2D eigenvalue weighted by Gasteiger charge is -2.33. The molecule has 0 spiro atoms. The first kappa shape index (κ1) is 22.0. The number of fused-ring (bicyclic) bond motifs is 1. The van der Waals surface area contributed by atoms with E-state index in [4.69, 9.17) is 4.74 Å². The number of hydrogen-bond acceptors (Lipinski definition) is 8. The van der Waals surface area contributed by atoms with Crippen molar-refractivity contribution in [2.45, 2.75) is 57.8 Å². The Labute approximate surface area is 175 Å². The van der Waals surface area contributed by atoms with E-state index in [0.717, 1.165) is 30.1 Å². The van der Waals surface area contributed by atoms with E-state index in [1.807, 2.05) is 7.05 Å². The molecule has 29 heavy (non-hydrogen) atoms. The second-order valence-electron chi connectivity index (χ2n) is 8.61. The van der Waals surface area contributed by atoms with Crippen LogP contribution in [0.1, 0.15) is 47.6 Å². The molecule has 0 radical (unpaired) electrons. The van der Waals surface area contributed by atoms with Crippen LogP contribution in [0.15, 0.2) is 0 Å². The van der Waals surface area contributed by atoms with Crippen LogP contribution in [0.25, 0.3) is 0 Å². The highest BCUT2D eigenvalue weighted by molar-refractivity contribution is 7.91. The number of nitrogens with zero attached hydrogens (tertiary/aromatic N) is 2. The van der Waals surface area contributed by atoms with Crippen LogP contribution < -0.4 is 10.6 Å². The molecule has 2 aliphatic rings. The highest BCUT2D eigenvalue weighted by Gasteiger charge is 2.36. The van der Waals surface area contributed by atoms with Crippen molar-refractivity contribution >= 4 is 33.2 Å². The highest BCUT2D eigenvalue weighted by Crippen LogP contribution is 2.25. The average molecular weight is 445 g/mol. The molecule has 2 aliphatic heterocycles. The van der Waals surface area contributed by atoms with Crippen molar-refractivity contribution in [3.8, 4) is 0 Å². The lowest BCUT2D eigenvalue weighted by atomic mass is 10.1. The summed E-state index contributed by atoms with van der Waals surface area (Å²) in [6, 6.07) is -1.27. The Bertz CT molecular complexity index is 891. The van der Waals surface area contributed by atoms with E-state index in [0.29, 0.717) is 5.01 Å². The zero-order valence-electron chi connectivity index (χ0n) is 17.1. The fourth-order valence-electron chi connectivity index (χ4n) is 3.41. The molecule has 2 N–H and O–H groups in total. The number of nitrogens with one attached hydrogen (secondary N) is 2. The Morgan fingerprint density at radius 2 is 1.97 bits per heavy atom. The number of amides is 2. The minimum absolute atomic E-state index is 0.0439. The molecule has 1 fully saturated rings. The van der Waals surface area contributed by atoms with Gasteiger partial charge in [0.15, 0.2) is 14.8 Å². The molecule has 3 heterocycles. The van der Waals surface area contributed by atoms with E-state index in [1.165, 1.54) is 11.3 Å². The Hall–Kier alpha value is -1.72. The zero-order valence-corrected chi connectivity index (χ0v) is 18.8. The first-order chi connectivity index (χ1) is 13.4. The predicted octanol–water partition coefficient (Wildman–Crippen LogP) is 0.941. The number of rotatable bonds is 3. The summed E-state index contributed by atoms with van der Waals surface area (Å²) in [4.78, 5) is 32.6. The van der Waals surface area contributed by atoms with Crippen LogP contribution in [0.3, 0.4) is 0 Å². The molecule has 1 saturated heterocycles. The summed E-state index contributed by atoms with van der Waals surface area (Å²) in [6.07, 6.45) is 0.371. The van der Waals surface area contributed by atoms with Gasteiger partial charge in [0.2, 0.25) is 0 Å². The Morgan fingerprint density at radius 3 is 2.66 bits per heavy atom. The number of aromatic nitrogens is 1. The van der Waals surface area contributed by atoms with Crippen LogP contribution in [-0.4, -0.2) is 73.1 Å². The Kier molecular flexibility index (Phi) is 6.21. The Morgan fingerprint density at radius 1 is 1.24 bits per heavy atom. The number of alkyl carbamates (subject to hydrolysis) is 1. The van der Waals surface area contributed by atoms with E-state index in [1.54, 1.807) is 20.8 Å². The van der Waals surface area contributed by atoms with Crippen molar-refractivity contribution in [3.63, 3.8) is 0 Å². The van der Waals surface area contributed by atoms with Gasteiger partial charge in [-0.1, -0.05) is 0 Å². The topological polar surface area (TPSA) is 118 Å². The van der Waals surface area contributed by atoms with Crippen LogP contribution in [0.5, 0.6) is 0 Å². The molecule has 0 aromatic carbocycles.